The zero-order valence-corrected chi connectivity index (χ0v) is 13.5. The number of benzene rings is 2. The summed E-state index contributed by atoms with van der Waals surface area (Å²) in [6, 6.07) is 7.28. The highest BCUT2D eigenvalue weighted by Gasteiger charge is 2.14. The van der Waals surface area contributed by atoms with Gasteiger partial charge in [0.25, 0.3) is 0 Å². The van der Waals surface area contributed by atoms with Crippen LogP contribution in [0.5, 0.6) is 11.5 Å². The Bertz CT molecular complexity index is 625. The van der Waals surface area contributed by atoms with Crippen molar-refractivity contribution < 1.29 is 18.3 Å². The van der Waals surface area contributed by atoms with Gasteiger partial charge < -0.3 is 9.47 Å². The van der Waals surface area contributed by atoms with Crippen molar-refractivity contribution >= 4 is 27.5 Å². The lowest BCUT2D eigenvalue weighted by molar-refractivity contribution is 0.276. The molecule has 0 aliphatic rings. The minimum absolute atomic E-state index is 0.110. The monoisotopic (exact) mass is 376 g/mol. The summed E-state index contributed by atoms with van der Waals surface area (Å²) in [5.74, 6) is -0.929. The molecular weight excluding hydrogens is 366 g/mol. The molecular formula is C15H12BrClF2O2. The van der Waals surface area contributed by atoms with Gasteiger partial charge in [0.1, 0.15) is 6.61 Å². The topological polar surface area (TPSA) is 18.5 Å². The Labute approximate surface area is 134 Å². The van der Waals surface area contributed by atoms with Crippen molar-refractivity contribution in [3.05, 3.63) is 58.1 Å². The van der Waals surface area contributed by atoms with Crippen LogP contribution in [0, 0.1) is 11.6 Å². The molecule has 0 radical (unpaired) electrons. The molecule has 0 heterocycles. The Kier molecular flexibility index (Phi) is 5.42. The molecule has 0 unspecified atom stereocenters. The van der Waals surface area contributed by atoms with Crippen molar-refractivity contribution in [1.82, 2.24) is 0 Å². The maximum Gasteiger partial charge on any atom is 0.165 e. The number of ether oxygens (including phenoxy) is 2. The minimum atomic E-state index is -0.911. The summed E-state index contributed by atoms with van der Waals surface area (Å²) in [6.07, 6.45) is 0. The lowest BCUT2D eigenvalue weighted by Crippen LogP contribution is -2.03. The Morgan fingerprint density at radius 1 is 1.19 bits per heavy atom. The molecule has 2 aromatic carbocycles. The molecule has 0 saturated heterocycles. The smallest absolute Gasteiger partial charge is 0.165 e. The molecule has 6 heteroatoms. The first kappa shape index (κ1) is 16.0. The summed E-state index contributed by atoms with van der Waals surface area (Å²) in [7, 11) is 1.49. The Balaban J connectivity index is 2.29. The zero-order valence-electron chi connectivity index (χ0n) is 11.1. The number of hydrogen-bond donors (Lipinski definition) is 0. The Hall–Kier alpha value is -1.33. The molecule has 21 heavy (non-hydrogen) atoms. The van der Waals surface area contributed by atoms with Gasteiger partial charge >= 0.3 is 0 Å². The van der Waals surface area contributed by atoms with E-state index in [1.807, 2.05) is 0 Å². The molecule has 0 bridgehead atoms. The summed E-state index contributed by atoms with van der Waals surface area (Å²) in [4.78, 5) is 0. The van der Waals surface area contributed by atoms with Crippen LogP contribution in [0.25, 0.3) is 0 Å². The summed E-state index contributed by atoms with van der Waals surface area (Å²) < 4.78 is 37.6. The molecule has 2 nitrogen and oxygen atoms in total. The molecule has 2 rings (SSSR count). The highest BCUT2D eigenvalue weighted by Crippen LogP contribution is 2.36. The van der Waals surface area contributed by atoms with Crippen molar-refractivity contribution in [3.63, 3.8) is 0 Å². The summed E-state index contributed by atoms with van der Waals surface area (Å²) in [5.41, 5.74) is 0.892. The zero-order chi connectivity index (χ0) is 15.4. The van der Waals surface area contributed by atoms with Crippen molar-refractivity contribution in [2.45, 2.75) is 11.9 Å². The first-order chi connectivity index (χ1) is 10.1. The Morgan fingerprint density at radius 3 is 2.62 bits per heavy atom. The van der Waals surface area contributed by atoms with Crippen LogP contribution in [-0.2, 0) is 11.9 Å². The number of hydrogen-bond acceptors (Lipinski definition) is 2. The van der Waals surface area contributed by atoms with E-state index in [4.69, 9.17) is 21.1 Å². The summed E-state index contributed by atoms with van der Waals surface area (Å²) >= 11 is 9.31. The van der Waals surface area contributed by atoms with Crippen LogP contribution >= 0.6 is 27.5 Å². The van der Waals surface area contributed by atoms with Gasteiger partial charge in [-0.15, -0.1) is 0 Å². The van der Waals surface area contributed by atoms with Crippen LogP contribution in [0.3, 0.4) is 0 Å². The van der Waals surface area contributed by atoms with Crippen LogP contribution in [0.2, 0.25) is 5.02 Å². The average Bonchev–Trinajstić information content (AvgIpc) is 2.48. The third kappa shape index (κ3) is 3.66. The molecule has 0 aromatic heterocycles. The molecule has 0 atom stereocenters. The second kappa shape index (κ2) is 7.09. The first-order valence-electron chi connectivity index (χ1n) is 6.05. The largest absolute Gasteiger partial charge is 0.493 e. The predicted molar refractivity (Wildman–Crippen MR) is 81.3 cm³/mol. The average molecular weight is 378 g/mol. The van der Waals surface area contributed by atoms with Gasteiger partial charge in [-0.2, -0.15) is 0 Å². The van der Waals surface area contributed by atoms with Gasteiger partial charge in [0, 0.05) is 27.5 Å². The number of halogens is 4. The fourth-order valence-electron chi connectivity index (χ4n) is 1.85. The van der Waals surface area contributed by atoms with E-state index >= 15 is 0 Å². The second-order valence-corrected chi connectivity index (χ2v) is 5.23. The van der Waals surface area contributed by atoms with E-state index < -0.39 is 11.6 Å². The van der Waals surface area contributed by atoms with Crippen molar-refractivity contribution in [2.24, 2.45) is 0 Å². The van der Waals surface area contributed by atoms with Crippen molar-refractivity contribution in [1.29, 1.82) is 0 Å². The van der Waals surface area contributed by atoms with E-state index in [-0.39, 0.29) is 12.2 Å². The van der Waals surface area contributed by atoms with Crippen LogP contribution in [0.4, 0.5) is 8.78 Å². The lowest BCUT2D eigenvalue weighted by Gasteiger charge is -2.15. The molecule has 0 spiro atoms. The molecule has 0 N–H and O–H groups in total. The molecule has 0 saturated carbocycles. The van der Waals surface area contributed by atoms with Crippen molar-refractivity contribution in [3.8, 4) is 11.5 Å². The van der Waals surface area contributed by atoms with Crippen LogP contribution < -0.4 is 9.47 Å². The molecule has 0 aliphatic heterocycles. The van der Waals surface area contributed by atoms with Gasteiger partial charge in [0.15, 0.2) is 23.1 Å². The lowest BCUT2D eigenvalue weighted by atomic mass is 10.2. The number of rotatable bonds is 5. The van der Waals surface area contributed by atoms with Gasteiger partial charge in [0.2, 0.25) is 0 Å². The SMILES string of the molecule is COc1cc(Cl)cc(CBr)c1OCc1cccc(F)c1F. The highest BCUT2D eigenvalue weighted by molar-refractivity contribution is 9.08. The van der Waals surface area contributed by atoms with Crippen molar-refractivity contribution in [2.75, 3.05) is 7.11 Å². The van der Waals surface area contributed by atoms with Crippen LogP contribution in [0.15, 0.2) is 30.3 Å². The molecule has 0 fully saturated rings. The van der Waals surface area contributed by atoms with E-state index in [0.717, 1.165) is 11.6 Å². The highest BCUT2D eigenvalue weighted by atomic mass is 79.9. The van der Waals surface area contributed by atoms with Gasteiger partial charge in [-0.1, -0.05) is 39.7 Å². The van der Waals surface area contributed by atoms with Gasteiger partial charge in [-0.3, -0.25) is 0 Å². The fourth-order valence-corrected chi connectivity index (χ4v) is 2.49. The normalized spacial score (nSPS) is 10.5. The maximum absolute atomic E-state index is 13.6. The molecule has 112 valence electrons. The Morgan fingerprint density at radius 2 is 1.95 bits per heavy atom. The number of alkyl halides is 1. The van der Waals surface area contributed by atoms with Crippen LogP contribution in [0.1, 0.15) is 11.1 Å². The minimum Gasteiger partial charge on any atom is -0.493 e. The summed E-state index contributed by atoms with van der Waals surface area (Å²) in [5, 5.41) is 0.996. The van der Waals surface area contributed by atoms with E-state index in [9.17, 15) is 8.78 Å². The van der Waals surface area contributed by atoms with Crippen LogP contribution in [-0.4, -0.2) is 7.11 Å². The second-order valence-electron chi connectivity index (χ2n) is 4.23. The van der Waals surface area contributed by atoms with Gasteiger partial charge in [-0.05, 0) is 12.1 Å². The summed E-state index contributed by atoms with van der Waals surface area (Å²) in [6.45, 7) is -0.110. The maximum atomic E-state index is 13.6. The van der Waals surface area contributed by atoms with E-state index in [0.29, 0.717) is 21.9 Å². The van der Waals surface area contributed by atoms with E-state index in [1.165, 1.54) is 19.2 Å². The first-order valence-corrected chi connectivity index (χ1v) is 7.54. The number of methoxy groups -OCH3 is 1. The standard InChI is InChI=1S/C15H12BrClF2O2/c1-20-13-6-11(17)5-10(7-16)15(13)21-8-9-3-2-4-12(18)14(9)19/h2-6H,7-8H2,1H3. The van der Waals surface area contributed by atoms with Gasteiger partial charge in [-0.25, -0.2) is 8.78 Å². The predicted octanol–water partition coefficient (Wildman–Crippen LogP) is 5.10. The fraction of sp³-hybridized carbons (Fsp3) is 0.200. The van der Waals surface area contributed by atoms with E-state index in [1.54, 1.807) is 12.1 Å². The van der Waals surface area contributed by atoms with Gasteiger partial charge in [0.05, 0.1) is 7.11 Å². The molecule has 0 aliphatic carbocycles. The molecule has 0 amide bonds. The quantitative estimate of drug-likeness (QED) is 0.675. The third-order valence-corrected chi connectivity index (χ3v) is 3.69. The van der Waals surface area contributed by atoms with E-state index in [2.05, 4.69) is 15.9 Å². The third-order valence-electron chi connectivity index (χ3n) is 2.86. The molecule has 2 aromatic rings.